The van der Waals surface area contributed by atoms with E-state index < -0.39 is 0 Å². The Bertz CT molecular complexity index is 4210. The number of benzene rings is 12. The fraction of sp³-hybridized carbons (Fsp3) is 0.122. The van der Waals surface area contributed by atoms with E-state index in [4.69, 9.17) is 0 Å². The van der Waals surface area contributed by atoms with Crippen molar-refractivity contribution in [2.75, 3.05) is 9.80 Å². The van der Waals surface area contributed by atoms with Crippen molar-refractivity contribution in [1.29, 1.82) is 0 Å². The maximum atomic E-state index is 2.50. The third-order valence-electron chi connectivity index (χ3n) is 18.4. The average molecular weight is 1080 g/mol. The number of rotatable bonds is 11. The van der Waals surface area contributed by atoms with Crippen LogP contribution in [0.4, 0.5) is 34.1 Å². The third-order valence-corrected chi connectivity index (χ3v) is 18.4. The van der Waals surface area contributed by atoms with E-state index in [1.165, 1.54) is 134 Å². The first-order valence-electron chi connectivity index (χ1n) is 29.7. The number of fused-ring (bicyclic) bond motifs is 6. The molecule has 406 valence electrons. The zero-order valence-corrected chi connectivity index (χ0v) is 49.3. The molecule has 0 spiro atoms. The van der Waals surface area contributed by atoms with Gasteiger partial charge in [-0.05, 0) is 200 Å². The Labute approximate surface area is 496 Å². The largest absolute Gasteiger partial charge is 0.309 e. The van der Waals surface area contributed by atoms with Crippen molar-refractivity contribution in [3.05, 3.63) is 311 Å². The summed E-state index contributed by atoms with van der Waals surface area (Å²) in [5.41, 5.74) is 34.2. The molecule has 14 rings (SSSR count). The quantitative estimate of drug-likeness (QED) is 0.127. The van der Waals surface area contributed by atoms with Crippen molar-refractivity contribution in [3.63, 3.8) is 0 Å². The molecule has 12 aromatic carbocycles. The van der Waals surface area contributed by atoms with E-state index >= 15 is 0 Å². The number of hydrogen-bond acceptors (Lipinski definition) is 2. The van der Waals surface area contributed by atoms with Crippen molar-refractivity contribution < 1.29 is 0 Å². The standard InChI is InChI=1S/C82H68N2/c1-53-21-19-29-67(63-37-45-71-69-27-15-17-31-73(69)81(5,6)75(71)51-63)79(53)83(65-41-33-59(34-42-65)57-23-11-9-12-24-57)77-47-39-61(49-55(77)3)62-40-48-78(56(4)50-62)84(66-43-35-60(36-44-66)58-25-13-10-14-26-58)80-54(2)22-20-30-68(80)64-38-46-72-70-28-16-18-32-74(70)82(7,8)76(72)52-64/h9-52H,1-8H3. The summed E-state index contributed by atoms with van der Waals surface area (Å²) in [6.07, 6.45) is 0. The Morgan fingerprint density at radius 2 is 0.548 bits per heavy atom. The minimum absolute atomic E-state index is 0.119. The highest BCUT2D eigenvalue weighted by Crippen LogP contribution is 2.54. The Kier molecular flexibility index (Phi) is 12.8. The molecule has 0 radical (unpaired) electrons. The minimum atomic E-state index is -0.119. The Morgan fingerprint density at radius 3 is 0.940 bits per heavy atom. The fourth-order valence-electron chi connectivity index (χ4n) is 13.9. The lowest BCUT2D eigenvalue weighted by Crippen LogP contribution is -2.16. The molecule has 2 heteroatoms. The molecule has 84 heavy (non-hydrogen) atoms. The molecule has 0 aromatic heterocycles. The van der Waals surface area contributed by atoms with Crippen LogP contribution in [0.15, 0.2) is 267 Å². The molecular formula is C82H68N2. The number of nitrogens with zero attached hydrogens (tertiary/aromatic N) is 2. The summed E-state index contributed by atoms with van der Waals surface area (Å²) >= 11 is 0. The normalized spacial score (nSPS) is 13.2. The smallest absolute Gasteiger partial charge is 0.0569 e. The lowest BCUT2D eigenvalue weighted by Gasteiger charge is -2.32. The van der Waals surface area contributed by atoms with E-state index in [2.05, 4.69) is 332 Å². The predicted molar refractivity (Wildman–Crippen MR) is 357 cm³/mol. The van der Waals surface area contributed by atoms with Gasteiger partial charge in [-0.25, -0.2) is 0 Å². The Hall–Kier alpha value is -9.76. The van der Waals surface area contributed by atoms with E-state index in [1.807, 2.05) is 0 Å². The summed E-state index contributed by atoms with van der Waals surface area (Å²) < 4.78 is 0. The Balaban J connectivity index is 0.873. The van der Waals surface area contributed by atoms with Crippen LogP contribution in [0.25, 0.3) is 77.9 Å². The van der Waals surface area contributed by atoms with E-state index in [9.17, 15) is 0 Å². The van der Waals surface area contributed by atoms with Gasteiger partial charge in [0, 0.05) is 44.7 Å². The van der Waals surface area contributed by atoms with E-state index in [0.717, 1.165) is 22.7 Å². The summed E-state index contributed by atoms with van der Waals surface area (Å²) in [4.78, 5) is 5.00. The molecular weight excluding hydrogens is 1010 g/mol. The summed E-state index contributed by atoms with van der Waals surface area (Å²) in [6, 6.07) is 99.4. The van der Waals surface area contributed by atoms with E-state index in [1.54, 1.807) is 0 Å². The molecule has 12 aromatic rings. The molecule has 0 fully saturated rings. The highest BCUT2D eigenvalue weighted by atomic mass is 15.2. The fourth-order valence-corrected chi connectivity index (χ4v) is 13.9. The van der Waals surface area contributed by atoms with Crippen LogP contribution in [0.1, 0.15) is 72.2 Å². The van der Waals surface area contributed by atoms with Gasteiger partial charge in [0.25, 0.3) is 0 Å². The number of aryl methyl sites for hydroxylation is 4. The van der Waals surface area contributed by atoms with Gasteiger partial charge in [-0.2, -0.15) is 0 Å². The zero-order chi connectivity index (χ0) is 57.4. The van der Waals surface area contributed by atoms with E-state index in [-0.39, 0.29) is 10.8 Å². The van der Waals surface area contributed by atoms with Crippen LogP contribution in [0, 0.1) is 27.7 Å². The maximum absolute atomic E-state index is 2.50. The summed E-state index contributed by atoms with van der Waals surface area (Å²) in [6.45, 7) is 18.6. The maximum Gasteiger partial charge on any atom is 0.0569 e. The zero-order valence-electron chi connectivity index (χ0n) is 49.3. The molecule has 0 bridgehead atoms. The van der Waals surface area contributed by atoms with Gasteiger partial charge in [0.2, 0.25) is 0 Å². The summed E-state index contributed by atoms with van der Waals surface area (Å²) in [5.74, 6) is 0. The molecule has 0 amide bonds. The van der Waals surface area contributed by atoms with Crippen molar-refractivity contribution in [1.82, 2.24) is 0 Å². The predicted octanol–water partition coefficient (Wildman–Crippen LogP) is 22.8. The van der Waals surface area contributed by atoms with Crippen LogP contribution >= 0.6 is 0 Å². The van der Waals surface area contributed by atoms with Crippen LogP contribution in [-0.4, -0.2) is 0 Å². The Morgan fingerprint density at radius 1 is 0.226 bits per heavy atom. The molecule has 0 heterocycles. The van der Waals surface area contributed by atoms with Crippen molar-refractivity contribution in [3.8, 4) is 77.9 Å². The lowest BCUT2D eigenvalue weighted by atomic mass is 9.81. The molecule has 0 unspecified atom stereocenters. The van der Waals surface area contributed by atoms with Crippen LogP contribution in [0.5, 0.6) is 0 Å². The van der Waals surface area contributed by atoms with Crippen molar-refractivity contribution >= 4 is 34.1 Å². The van der Waals surface area contributed by atoms with Gasteiger partial charge in [-0.15, -0.1) is 0 Å². The average Bonchev–Trinajstić information content (AvgIpc) is 2.50. The first kappa shape index (κ1) is 52.3. The van der Waals surface area contributed by atoms with Gasteiger partial charge in [0.15, 0.2) is 0 Å². The van der Waals surface area contributed by atoms with Gasteiger partial charge in [-0.1, -0.05) is 234 Å². The second-order valence-electron chi connectivity index (χ2n) is 24.3. The lowest BCUT2D eigenvalue weighted by molar-refractivity contribution is 0.660. The molecule has 0 aliphatic heterocycles. The van der Waals surface area contributed by atoms with Crippen molar-refractivity contribution in [2.24, 2.45) is 0 Å². The van der Waals surface area contributed by atoms with Crippen LogP contribution < -0.4 is 9.80 Å². The molecule has 2 aliphatic carbocycles. The monoisotopic (exact) mass is 1080 g/mol. The van der Waals surface area contributed by atoms with E-state index in [0.29, 0.717) is 0 Å². The molecule has 0 N–H and O–H groups in total. The molecule has 2 aliphatic rings. The second kappa shape index (κ2) is 20.6. The molecule has 2 nitrogen and oxygen atoms in total. The number of hydrogen-bond donors (Lipinski definition) is 0. The molecule has 0 saturated carbocycles. The highest BCUT2D eigenvalue weighted by Gasteiger charge is 2.37. The van der Waals surface area contributed by atoms with Crippen LogP contribution in [-0.2, 0) is 10.8 Å². The first-order valence-corrected chi connectivity index (χ1v) is 29.7. The second-order valence-corrected chi connectivity index (χ2v) is 24.3. The van der Waals surface area contributed by atoms with Gasteiger partial charge in [0.1, 0.15) is 0 Å². The molecule has 0 atom stereocenters. The number of para-hydroxylation sites is 2. The minimum Gasteiger partial charge on any atom is -0.309 e. The van der Waals surface area contributed by atoms with Crippen LogP contribution in [0.2, 0.25) is 0 Å². The third kappa shape index (κ3) is 8.79. The van der Waals surface area contributed by atoms with Crippen molar-refractivity contribution in [2.45, 2.75) is 66.2 Å². The van der Waals surface area contributed by atoms with Gasteiger partial charge < -0.3 is 9.80 Å². The summed E-state index contributed by atoms with van der Waals surface area (Å²) in [5, 5.41) is 0. The first-order chi connectivity index (χ1) is 40.8. The van der Waals surface area contributed by atoms with Gasteiger partial charge >= 0.3 is 0 Å². The van der Waals surface area contributed by atoms with Gasteiger partial charge in [-0.3, -0.25) is 0 Å². The van der Waals surface area contributed by atoms with Crippen LogP contribution in [0.3, 0.4) is 0 Å². The van der Waals surface area contributed by atoms with Gasteiger partial charge in [0.05, 0.1) is 11.4 Å². The molecule has 0 saturated heterocycles. The topological polar surface area (TPSA) is 6.48 Å². The SMILES string of the molecule is Cc1cc(-c2ccc(N(c3ccc(-c4ccccc4)cc3)c3c(C)cccc3-c3ccc4c(c3)C(C)(C)c3ccccc3-4)c(C)c2)ccc1N(c1ccc(-c2ccccc2)cc1)c1c(C)cccc1-c1ccc2c(c1)C(C)(C)c1ccccc1-2. The highest BCUT2D eigenvalue weighted by molar-refractivity contribution is 5.96. The number of anilines is 6. The summed E-state index contributed by atoms with van der Waals surface area (Å²) in [7, 11) is 0.